The number of para-hydroxylation sites is 2. The summed E-state index contributed by atoms with van der Waals surface area (Å²) in [5.41, 5.74) is 2.07. The van der Waals surface area contributed by atoms with Gasteiger partial charge in [-0.3, -0.25) is 4.79 Å². The van der Waals surface area contributed by atoms with Gasteiger partial charge in [0.2, 0.25) is 0 Å². The summed E-state index contributed by atoms with van der Waals surface area (Å²) in [5, 5.41) is 3.99. The first kappa shape index (κ1) is 17.9. The zero-order valence-corrected chi connectivity index (χ0v) is 16.2. The number of benzene rings is 2. The van der Waals surface area contributed by atoms with E-state index in [1.807, 2.05) is 31.2 Å². The van der Waals surface area contributed by atoms with Crippen molar-refractivity contribution >= 4 is 50.0 Å². The van der Waals surface area contributed by atoms with E-state index in [9.17, 15) is 9.18 Å². The number of nitrogens with one attached hydrogen (secondary N) is 1. The van der Waals surface area contributed by atoms with Crippen LogP contribution in [-0.4, -0.2) is 22.0 Å². The highest BCUT2D eigenvalue weighted by Gasteiger charge is 2.17. The summed E-state index contributed by atoms with van der Waals surface area (Å²) in [5.74, 6) is 0.390. The molecule has 27 heavy (non-hydrogen) atoms. The van der Waals surface area contributed by atoms with E-state index in [4.69, 9.17) is 11.6 Å². The van der Waals surface area contributed by atoms with E-state index in [2.05, 4.69) is 14.9 Å². The monoisotopic (exact) mass is 401 g/mol. The Balaban J connectivity index is 1.41. The Morgan fingerprint density at radius 2 is 2.11 bits per heavy atom. The van der Waals surface area contributed by atoms with Crippen molar-refractivity contribution in [1.82, 2.24) is 14.9 Å². The first-order valence-corrected chi connectivity index (χ1v) is 9.81. The van der Waals surface area contributed by atoms with Crippen LogP contribution < -0.4 is 5.32 Å². The Kier molecular flexibility index (Phi) is 4.85. The molecular weight excluding hydrogens is 385 g/mol. The van der Waals surface area contributed by atoms with Crippen molar-refractivity contribution in [1.29, 1.82) is 0 Å². The number of thiophene rings is 1. The Morgan fingerprint density at radius 3 is 2.96 bits per heavy atom. The van der Waals surface area contributed by atoms with Crippen molar-refractivity contribution in [3.63, 3.8) is 0 Å². The molecule has 138 valence electrons. The van der Waals surface area contributed by atoms with Crippen LogP contribution in [0.25, 0.3) is 21.1 Å². The largest absolute Gasteiger partial charge is 0.351 e. The Labute approximate surface area is 164 Å². The standard InChI is InChI=1S/C20H17ClFN3OS/c1-12-24-15-5-2-3-6-16(15)25(12)10-4-9-23-20(26)19-18(21)14-8-7-13(22)11-17(14)27-19/h2-3,5-8,11H,4,9-10H2,1H3,(H,23,26). The molecular formula is C20H17ClFN3OS. The second-order valence-electron chi connectivity index (χ2n) is 6.29. The number of hydrogen-bond donors (Lipinski definition) is 1. The van der Waals surface area contributed by atoms with Crippen molar-refractivity contribution in [3.8, 4) is 0 Å². The van der Waals surface area contributed by atoms with Crippen LogP contribution in [0.2, 0.25) is 5.02 Å². The summed E-state index contributed by atoms with van der Waals surface area (Å²) >= 11 is 7.51. The van der Waals surface area contributed by atoms with Gasteiger partial charge in [0.05, 0.1) is 16.1 Å². The van der Waals surface area contributed by atoms with Crippen molar-refractivity contribution in [2.24, 2.45) is 0 Å². The number of hydrogen-bond acceptors (Lipinski definition) is 3. The van der Waals surface area contributed by atoms with Gasteiger partial charge < -0.3 is 9.88 Å². The Hall–Kier alpha value is -2.44. The lowest BCUT2D eigenvalue weighted by molar-refractivity contribution is 0.0957. The molecule has 4 nitrogen and oxygen atoms in total. The summed E-state index contributed by atoms with van der Waals surface area (Å²) in [6.45, 7) is 3.26. The molecule has 4 aromatic rings. The van der Waals surface area contributed by atoms with Crippen molar-refractivity contribution in [2.75, 3.05) is 6.54 Å². The first-order valence-electron chi connectivity index (χ1n) is 8.62. The van der Waals surface area contributed by atoms with Crippen LogP contribution in [0.5, 0.6) is 0 Å². The number of nitrogens with zero attached hydrogens (tertiary/aromatic N) is 2. The maximum atomic E-state index is 13.4. The van der Waals surface area contributed by atoms with Gasteiger partial charge in [-0.25, -0.2) is 9.37 Å². The van der Waals surface area contributed by atoms with E-state index in [0.717, 1.165) is 29.8 Å². The molecule has 2 aromatic carbocycles. The lowest BCUT2D eigenvalue weighted by Crippen LogP contribution is -2.24. The molecule has 0 fully saturated rings. The number of fused-ring (bicyclic) bond motifs is 2. The Morgan fingerprint density at radius 1 is 1.30 bits per heavy atom. The number of rotatable bonds is 5. The summed E-state index contributed by atoms with van der Waals surface area (Å²) < 4.78 is 16.2. The molecule has 0 aliphatic heterocycles. The Bertz CT molecular complexity index is 1150. The molecule has 0 bridgehead atoms. The minimum Gasteiger partial charge on any atom is -0.351 e. The lowest BCUT2D eigenvalue weighted by atomic mass is 10.2. The molecule has 0 spiro atoms. The number of aromatic nitrogens is 2. The second-order valence-corrected chi connectivity index (χ2v) is 7.72. The first-order chi connectivity index (χ1) is 13.0. The molecule has 7 heteroatoms. The molecule has 1 N–H and O–H groups in total. The highest BCUT2D eigenvalue weighted by atomic mass is 35.5. The number of halogens is 2. The average molecular weight is 402 g/mol. The predicted molar refractivity (Wildman–Crippen MR) is 108 cm³/mol. The smallest absolute Gasteiger partial charge is 0.262 e. The molecule has 0 aliphatic rings. The van der Waals surface area contributed by atoms with E-state index in [0.29, 0.717) is 26.5 Å². The number of aryl methyl sites for hydroxylation is 2. The second kappa shape index (κ2) is 7.29. The molecule has 2 heterocycles. The third kappa shape index (κ3) is 3.42. The lowest BCUT2D eigenvalue weighted by Gasteiger charge is -2.08. The molecule has 0 unspecified atom stereocenters. The van der Waals surface area contributed by atoms with Gasteiger partial charge in [-0.1, -0.05) is 23.7 Å². The third-order valence-electron chi connectivity index (χ3n) is 4.49. The fourth-order valence-electron chi connectivity index (χ4n) is 3.18. The zero-order chi connectivity index (χ0) is 19.0. The van der Waals surface area contributed by atoms with Crippen LogP contribution in [0.3, 0.4) is 0 Å². The fraction of sp³-hybridized carbons (Fsp3) is 0.200. The number of imidazole rings is 1. The number of carbonyl (C=O) groups excluding carboxylic acids is 1. The van der Waals surface area contributed by atoms with E-state index < -0.39 is 0 Å². The van der Waals surface area contributed by atoms with Crippen LogP contribution >= 0.6 is 22.9 Å². The summed E-state index contributed by atoms with van der Waals surface area (Å²) in [4.78, 5) is 17.4. The van der Waals surface area contributed by atoms with Crippen molar-refractivity contribution in [2.45, 2.75) is 19.9 Å². The maximum absolute atomic E-state index is 13.4. The van der Waals surface area contributed by atoms with Gasteiger partial charge in [-0.05, 0) is 43.7 Å². The molecule has 0 saturated heterocycles. The van der Waals surface area contributed by atoms with Gasteiger partial charge in [0.25, 0.3) is 5.91 Å². The van der Waals surface area contributed by atoms with Crippen molar-refractivity contribution in [3.05, 3.63) is 64.0 Å². The van der Waals surface area contributed by atoms with Gasteiger partial charge in [0, 0.05) is 23.2 Å². The summed E-state index contributed by atoms with van der Waals surface area (Å²) in [6.07, 6.45) is 0.768. The quantitative estimate of drug-likeness (QED) is 0.469. The van der Waals surface area contributed by atoms with Gasteiger partial charge in [0.15, 0.2) is 0 Å². The normalized spacial score (nSPS) is 11.4. The van der Waals surface area contributed by atoms with Gasteiger partial charge in [-0.2, -0.15) is 0 Å². The maximum Gasteiger partial charge on any atom is 0.262 e. The molecule has 1 amide bonds. The molecule has 0 aliphatic carbocycles. The molecule has 0 atom stereocenters. The number of amides is 1. The van der Waals surface area contributed by atoms with E-state index in [1.54, 1.807) is 6.07 Å². The van der Waals surface area contributed by atoms with Crippen LogP contribution in [0.4, 0.5) is 4.39 Å². The fourth-order valence-corrected chi connectivity index (χ4v) is 4.64. The average Bonchev–Trinajstić information content (AvgIpc) is 3.15. The van der Waals surface area contributed by atoms with E-state index in [-0.39, 0.29) is 11.7 Å². The minimum atomic E-state index is -0.338. The van der Waals surface area contributed by atoms with Crippen LogP contribution in [0.15, 0.2) is 42.5 Å². The molecule has 2 aromatic heterocycles. The molecule has 4 rings (SSSR count). The van der Waals surface area contributed by atoms with Crippen molar-refractivity contribution < 1.29 is 9.18 Å². The topological polar surface area (TPSA) is 46.9 Å². The molecule has 0 radical (unpaired) electrons. The van der Waals surface area contributed by atoms with E-state index >= 15 is 0 Å². The zero-order valence-electron chi connectivity index (χ0n) is 14.6. The minimum absolute atomic E-state index is 0.228. The SMILES string of the molecule is Cc1nc2ccccc2n1CCCNC(=O)c1sc2cc(F)ccc2c1Cl. The van der Waals surface area contributed by atoms with Gasteiger partial charge in [-0.15, -0.1) is 11.3 Å². The van der Waals surface area contributed by atoms with Crippen LogP contribution in [0, 0.1) is 12.7 Å². The van der Waals surface area contributed by atoms with Crippen LogP contribution in [-0.2, 0) is 6.54 Å². The summed E-state index contributed by atoms with van der Waals surface area (Å²) in [7, 11) is 0. The third-order valence-corrected chi connectivity index (χ3v) is 6.14. The summed E-state index contributed by atoms with van der Waals surface area (Å²) in [6, 6.07) is 12.4. The predicted octanol–water partition coefficient (Wildman–Crippen LogP) is 5.17. The van der Waals surface area contributed by atoms with Gasteiger partial charge >= 0.3 is 0 Å². The van der Waals surface area contributed by atoms with Crippen LogP contribution in [0.1, 0.15) is 21.9 Å². The van der Waals surface area contributed by atoms with Gasteiger partial charge in [0.1, 0.15) is 16.5 Å². The number of carbonyl (C=O) groups is 1. The highest BCUT2D eigenvalue weighted by molar-refractivity contribution is 7.21. The van der Waals surface area contributed by atoms with E-state index in [1.165, 1.54) is 23.5 Å². The molecule has 0 saturated carbocycles. The highest BCUT2D eigenvalue weighted by Crippen LogP contribution is 2.35.